The summed E-state index contributed by atoms with van der Waals surface area (Å²) >= 11 is 3.30. The van der Waals surface area contributed by atoms with E-state index in [9.17, 15) is 9.59 Å². The van der Waals surface area contributed by atoms with Crippen molar-refractivity contribution in [3.05, 3.63) is 28.2 Å². The first-order valence-corrected chi connectivity index (χ1v) is 5.62. The number of ether oxygens (including phenoxy) is 1. The Labute approximate surface area is 107 Å². The number of benzene rings is 1. The third-order valence-electron chi connectivity index (χ3n) is 2.23. The lowest BCUT2D eigenvalue weighted by atomic mass is 10.0. The van der Waals surface area contributed by atoms with E-state index in [-0.39, 0.29) is 6.42 Å². The molecule has 0 radical (unpaired) electrons. The highest BCUT2D eigenvalue weighted by atomic mass is 79.9. The average molecular weight is 302 g/mol. The Morgan fingerprint density at radius 2 is 2.35 bits per heavy atom. The Morgan fingerprint density at radius 3 is 2.82 bits per heavy atom. The normalized spacial score (nSPS) is 11.6. The van der Waals surface area contributed by atoms with Crippen molar-refractivity contribution in [1.29, 1.82) is 0 Å². The van der Waals surface area contributed by atoms with Gasteiger partial charge in [-0.2, -0.15) is 0 Å². The second-order valence-electron chi connectivity index (χ2n) is 3.33. The van der Waals surface area contributed by atoms with Gasteiger partial charge in [0.15, 0.2) is 0 Å². The maximum absolute atomic E-state index is 10.7. The van der Waals surface area contributed by atoms with Crippen molar-refractivity contribution in [2.45, 2.75) is 12.5 Å². The molecule has 0 heterocycles. The van der Waals surface area contributed by atoms with E-state index >= 15 is 0 Å². The fourth-order valence-corrected chi connectivity index (χ4v) is 1.99. The molecule has 5 nitrogen and oxygen atoms in total. The molecule has 0 bridgehead atoms. The second kappa shape index (κ2) is 6.24. The largest absolute Gasteiger partial charge is 0.496 e. The summed E-state index contributed by atoms with van der Waals surface area (Å²) in [5, 5.41) is 11.2. The zero-order valence-electron chi connectivity index (χ0n) is 9.14. The van der Waals surface area contributed by atoms with Crippen molar-refractivity contribution in [2.24, 2.45) is 0 Å². The van der Waals surface area contributed by atoms with E-state index in [4.69, 9.17) is 9.84 Å². The zero-order valence-corrected chi connectivity index (χ0v) is 10.7. The Kier molecular flexibility index (Phi) is 4.96. The van der Waals surface area contributed by atoms with Gasteiger partial charge in [0, 0.05) is 0 Å². The van der Waals surface area contributed by atoms with Crippen LogP contribution in [0.1, 0.15) is 18.0 Å². The molecule has 0 aromatic heterocycles. The highest BCUT2D eigenvalue weighted by Crippen LogP contribution is 2.28. The number of nitrogens with one attached hydrogen (secondary N) is 1. The van der Waals surface area contributed by atoms with Gasteiger partial charge < -0.3 is 15.2 Å². The van der Waals surface area contributed by atoms with Gasteiger partial charge in [-0.25, -0.2) is 0 Å². The minimum absolute atomic E-state index is 0.169. The van der Waals surface area contributed by atoms with Gasteiger partial charge >= 0.3 is 5.97 Å². The van der Waals surface area contributed by atoms with Gasteiger partial charge in [-0.1, -0.05) is 6.07 Å². The number of aliphatic carboxylic acids is 1. The molecule has 0 aliphatic carbocycles. The maximum Gasteiger partial charge on any atom is 0.305 e. The zero-order chi connectivity index (χ0) is 12.8. The Bertz CT molecular complexity index is 422. The van der Waals surface area contributed by atoms with E-state index in [1.807, 2.05) is 0 Å². The van der Waals surface area contributed by atoms with Crippen LogP contribution in [0, 0.1) is 0 Å². The summed E-state index contributed by atoms with van der Waals surface area (Å²) in [6.45, 7) is 0. The third-order valence-corrected chi connectivity index (χ3v) is 2.85. The molecule has 2 N–H and O–H groups in total. The summed E-state index contributed by atoms with van der Waals surface area (Å²) in [5.74, 6) is -0.329. The lowest BCUT2D eigenvalue weighted by Crippen LogP contribution is -2.22. The number of amides is 1. The molecule has 0 spiro atoms. The van der Waals surface area contributed by atoms with Crippen molar-refractivity contribution in [1.82, 2.24) is 5.32 Å². The first-order valence-electron chi connectivity index (χ1n) is 4.83. The molecule has 6 heteroatoms. The van der Waals surface area contributed by atoms with E-state index in [0.717, 1.165) is 0 Å². The van der Waals surface area contributed by atoms with E-state index < -0.39 is 12.0 Å². The van der Waals surface area contributed by atoms with Crippen LogP contribution in [0.4, 0.5) is 0 Å². The quantitative estimate of drug-likeness (QED) is 0.785. The fraction of sp³-hybridized carbons (Fsp3) is 0.273. The topological polar surface area (TPSA) is 75.6 Å². The van der Waals surface area contributed by atoms with Crippen LogP contribution in [0.15, 0.2) is 22.7 Å². The van der Waals surface area contributed by atoms with Gasteiger partial charge in [-0.15, -0.1) is 0 Å². The van der Waals surface area contributed by atoms with Crippen molar-refractivity contribution in [3.8, 4) is 5.75 Å². The van der Waals surface area contributed by atoms with Crippen LogP contribution >= 0.6 is 15.9 Å². The van der Waals surface area contributed by atoms with E-state index in [1.165, 1.54) is 7.11 Å². The summed E-state index contributed by atoms with van der Waals surface area (Å²) in [4.78, 5) is 21.1. The van der Waals surface area contributed by atoms with Gasteiger partial charge in [-0.05, 0) is 33.6 Å². The van der Waals surface area contributed by atoms with Crippen molar-refractivity contribution >= 4 is 28.3 Å². The molecule has 0 fully saturated rings. The minimum atomic E-state index is -0.976. The summed E-state index contributed by atoms with van der Waals surface area (Å²) in [7, 11) is 1.54. The van der Waals surface area contributed by atoms with Crippen LogP contribution < -0.4 is 10.1 Å². The van der Waals surface area contributed by atoms with E-state index in [0.29, 0.717) is 22.2 Å². The molecular formula is C11H12BrNO4. The number of carbonyl (C=O) groups is 2. The van der Waals surface area contributed by atoms with Crippen molar-refractivity contribution in [2.75, 3.05) is 7.11 Å². The molecule has 1 rings (SSSR count). The van der Waals surface area contributed by atoms with Crippen LogP contribution in [-0.4, -0.2) is 24.6 Å². The third kappa shape index (κ3) is 3.74. The molecular weight excluding hydrogens is 290 g/mol. The van der Waals surface area contributed by atoms with Crippen molar-refractivity contribution < 1.29 is 19.4 Å². The molecule has 0 aliphatic heterocycles. The van der Waals surface area contributed by atoms with Crippen LogP contribution in [0.3, 0.4) is 0 Å². The van der Waals surface area contributed by atoms with Crippen molar-refractivity contribution in [3.63, 3.8) is 0 Å². The first-order chi connectivity index (χ1) is 8.08. The molecule has 1 unspecified atom stereocenters. The Morgan fingerprint density at radius 1 is 1.65 bits per heavy atom. The molecule has 1 aromatic carbocycles. The minimum Gasteiger partial charge on any atom is -0.496 e. The number of halogens is 1. The van der Waals surface area contributed by atoms with E-state index in [2.05, 4.69) is 21.2 Å². The summed E-state index contributed by atoms with van der Waals surface area (Å²) in [6.07, 6.45) is 0.323. The fourth-order valence-electron chi connectivity index (χ4n) is 1.43. The molecule has 92 valence electrons. The number of carbonyl (C=O) groups excluding carboxylic acids is 1. The van der Waals surface area contributed by atoms with Crippen LogP contribution in [0.2, 0.25) is 0 Å². The number of carboxylic acid groups (broad SMARTS) is 1. The number of rotatable bonds is 6. The lowest BCUT2D eigenvalue weighted by Gasteiger charge is -2.15. The first kappa shape index (κ1) is 13.5. The lowest BCUT2D eigenvalue weighted by molar-refractivity contribution is -0.137. The standard InChI is InChI=1S/C11H12BrNO4/c1-17-10-3-2-7(4-8(10)12)9(13-6-14)5-11(15)16/h2-4,6,9H,5H2,1H3,(H,13,14)(H,15,16). The van der Waals surface area contributed by atoms with E-state index in [1.54, 1.807) is 18.2 Å². The summed E-state index contributed by atoms with van der Waals surface area (Å²) < 4.78 is 5.78. The predicted molar refractivity (Wildman–Crippen MR) is 64.9 cm³/mol. The van der Waals surface area contributed by atoms with Gasteiger partial charge in [0.25, 0.3) is 0 Å². The molecule has 17 heavy (non-hydrogen) atoms. The SMILES string of the molecule is COc1ccc(C(CC(=O)O)NC=O)cc1Br. The number of hydrogen-bond acceptors (Lipinski definition) is 3. The molecule has 1 amide bonds. The summed E-state index contributed by atoms with van der Waals surface area (Å²) in [6, 6.07) is 4.60. The maximum atomic E-state index is 10.7. The number of carboxylic acids is 1. The molecule has 0 saturated carbocycles. The smallest absolute Gasteiger partial charge is 0.305 e. The summed E-state index contributed by atoms with van der Waals surface area (Å²) in [5.41, 5.74) is 0.701. The predicted octanol–water partition coefficient (Wildman–Crippen LogP) is 1.72. The highest BCUT2D eigenvalue weighted by molar-refractivity contribution is 9.10. The van der Waals surface area contributed by atoms with Gasteiger partial charge in [-0.3, -0.25) is 9.59 Å². The van der Waals surface area contributed by atoms with Gasteiger partial charge in [0.2, 0.25) is 6.41 Å². The highest BCUT2D eigenvalue weighted by Gasteiger charge is 2.15. The number of methoxy groups -OCH3 is 1. The van der Waals surface area contributed by atoms with Gasteiger partial charge in [0.05, 0.1) is 24.0 Å². The second-order valence-corrected chi connectivity index (χ2v) is 4.18. The van der Waals surface area contributed by atoms with Crippen LogP contribution in [0.25, 0.3) is 0 Å². The van der Waals surface area contributed by atoms with Crippen LogP contribution in [0.5, 0.6) is 5.75 Å². The molecule has 1 atom stereocenters. The Hall–Kier alpha value is -1.56. The monoisotopic (exact) mass is 301 g/mol. The average Bonchev–Trinajstić information content (AvgIpc) is 2.28. The van der Waals surface area contributed by atoms with Gasteiger partial charge in [0.1, 0.15) is 5.75 Å². The molecule has 0 aliphatic rings. The number of hydrogen-bond donors (Lipinski definition) is 2. The Balaban J connectivity index is 2.97. The molecule has 1 aromatic rings. The van der Waals surface area contributed by atoms with Crippen LogP contribution in [-0.2, 0) is 9.59 Å². The molecule has 0 saturated heterocycles.